The van der Waals surface area contributed by atoms with Crippen LogP contribution in [0.2, 0.25) is 0 Å². The summed E-state index contributed by atoms with van der Waals surface area (Å²) < 4.78 is 70.1. The van der Waals surface area contributed by atoms with Crippen molar-refractivity contribution in [3.05, 3.63) is 0 Å². The summed E-state index contributed by atoms with van der Waals surface area (Å²) in [4.78, 5) is 0. The van der Waals surface area contributed by atoms with E-state index in [1.54, 1.807) is 7.11 Å². The Kier molecular flexibility index (Phi) is 21.9. The van der Waals surface area contributed by atoms with Crippen molar-refractivity contribution in [1.82, 2.24) is 0 Å². The molecule has 0 spiro atoms. The molecule has 0 radical (unpaired) electrons. The lowest BCUT2D eigenvalue weighted by Crippen LogP contribution is -2.52. The van der Waals surface area contributed by atoms with Crippen molar-refractivity contribution in [2.75, 3.05) is 33.5 Å². The molecule has 54 heavy (non-hydrogen) atoms. The highest BCUT2D eigenvalue weighted by Gasteiger charge is 2.65. The van der Waals surface area contributed by atoms with Gasteiger partial charge < -0.3 is 56.8 Å². The molecule has 12 heteroatoms. The van der Waals surface area contributed by atoms with Gasteiger partial charge >= 0.3 is 0 Å². The average Bonchev–Trinajstić information content (AvgIpc) is 3.72. The van der Waals surface area contributed by atoms with E-state index in [2.05, 4.69) is 27.7 Å². The van der Waals surface area contributed by atoms with Gasteiger partial charge in [0.2, 0.25) is 0 Å². The maximum Gasteiger partial charge on any atom is 0.146 e. The van der Waals surface area contributed by atoms with Crippen molar-refractivity contribution in [3.8, 4) is 0 Å². The van der Waals surface area contributed by atoms with Gasteiger partial charge in [-0.2, -0.15) is 0 Å². The van der Waals surface area contributed by atoms with Crippen molar-refractivity contribution >= 4 is 0 Å². The Labute approximate surface area is 329 Å². The van der Waals surface area contributed by atoms with Gasteiger partial charge in [-0.05, 0) is 118 Å². The molecule has 0 aliphatic carbocycles. The number of methoxy groups -OCH3 is 1. The fourth-order valence-electron chi connectivity index (χ4n) is 7.46. The minimum atomic E-state index is -0.446. The number of ether oxygens (including phenoxy) is 12. The highest BCUT2D eigenvalue weighted by atomic mass is 16.7. The molecule has 0 aromatic carbocycles. The molecule has 12 nitrogen and oxygen atoms in total. The Morgan fingerprint density at radius 2 is 1.24 bits per heavy atom. The van der Waals surface area contributed by atoms with Crippen LogP contribution in [0.1, 0.15) is 124 Å². The molecule has 4 aliphatic heterocycles. The molecule has 0 amide bonds. The minimum Gasteiger partial charge on any atom is -0.382 e. The maximum atomic E-state index is 6.15. The van der Waals surface area contributed by atoms with Gasteiger partial charge in [-0.25, -0.2) is 0 Å². The van der Waals surface area contributed by atoms with Gasteiger partial charge in [0.15, 0.2) is 0 Å². The Morgan fingerprint density at radius 3 is 1.78 bits per heavy atom. The zero-order chi connectivity index (χ0) is 40.9. The Hall–Kier alpha value is -0.480. The topological polar surface area (TPSA) is 111 Å². The lowest BCUT2D eigenvalue weighted by Gasteiger charge is -2.36. The monoisotopic (exact) mass is 779 g/mol. The van der Waals surface area contributed by atoms with E-state index in [4.69, 9.17) is 56.8 Å². The molecule has 2 bridgehead atoms. The van der Waals surface area contributed by atoms with Crippen LogP contribution in [0.4, 0.5) is 0 Å². The standard InChI is InChI=1S/C15H30O5.C14H26O4.C13H26O3/c1-10(2)18-9-13-15(19-11(3)4)14(12(5)20-13)17-8-7-16-6;1-8(2)15-7-14-11(6)17-12(10(5)18-14)13(14)16-9(3)4;1-8(2)14-11(6)13-12(15-9(3)4)7-10(5)16-13/h10-15H,7-9H2,1-6H3;8-13H,7H2,1-6H3;8-13H,7H2,1-6H3/t12-,13+,14-,15+;10-,11-,12-,13-,14-;10-,11+,12-,13+/m000/s1. The predicted molar refractivity (Wildman–Crippen MR) is 210 cm³/mol. The van der Waals surface area contributed by atoms with Crippen molar-refractivity contribution in [2.45, 2.75) is 240 Å². The predicted octanol–water partition coefficient (Wildman–Crippen LogP) is 6.94. The van der Waals surface area contributed by atoms with Crippen LogP contribution in [-0.2, 0) is 56.8 Å². The summed E-state index contributed by atoms with van der Waals surface area (Å²) in [5, 5.41) is 0. The molecule has 0 aromatic rings. The Morgan fingerprint density at radius 1 is 0.630 bits per heavy atom. The molecular weight excluding hydrogens is 696 g/mol. The zero-order valence-electron chi connectivity index (χ0n) is 37.3. The second kappa shape index (κ2) is 23.8. The van der Waals surface area contributed by atoms with E-state index in [-0.39, 0.29) is 110 Å². The Balaban J connectivity index is 0.000000282. The smallest absolute Gasteiger partial charge is 0.146 e. The van der Waals surface area contributed by atoms with E-state index in [9.17, 15) is 0 Å². The molecular formula is C42H82O12. The molecule has 322 valence electrons. The largest absolute Gasteiger partial charge is 0.382 e. The van der Waals surface area contributed by atoms with Crippen LogP contribution in [-0.4, -0.2) is 149 Å². The number of rotatable bonds is 19. The van der Waals surface area contributed by atoms with Crippen molar-refractivity contribution in [3.63, 3.8) is 0 Å². The van der Waals surface area contributed by atoms with E-state index in [0.29, 0.717) is 26.4 Å². The molecule has 4 saturated heterocycles. The van der Waals surface area contributed by atoms with Gasteiger partial charge in [0.1, 0.15) is 42.2 Å². The fraction of sp³-hybridized carbons (Fsp3) is 1.00. The highest BCUT2D eigenvalue weighted by molar-refractivity contribution is 5.12. The summed E-state index contributed by atoms with van der Waals surface area (Å²) in [5.74, 6) is 0. The molecule has 0 unspecified atom stereocenters. The van der Waals surface area contributed by atoms with Crippen molar-refractivity contribution in [2.24, 2.45) is 0 Å². The van der Waals surface area contributed by atoms with Crippen molar-refractivity contribution in [1.29, 1.82) is 0 Å². The fourth-order valence-corrected chi connectivity index (χ4v) is 7.46. The molecule has 4 rings (SSSR count). The molecule has 0 aromatic heterocycles. The van der Waals surface area contributed by atoms with E-state index < -0.39 is 5.60 Å². The molecule has 0 N–H and O–H groups in total. The van der Waals surface area contributed by atoms with Crippen LogP contribution in [0.5, 0.6) is 0 Å². The third-order valence-electron chi connectivity index (χ3n) is 9.64. The van der Waals surface area contributed by atoms with E-state index in [1.807, 2.05) is 90.0 Å². The molecule has 4 heterocycles. The Bertz CT molecular complexity index is 994. The van der Waals surface area contributed by atoms with Gasteiger partial charge in [0.05, 0.1) is 99.7 Å². The lowest BCUT2D eigenvalue weighted by atomic mass is 9.93. The van der Waals surface area contributed by atoms with Crippen LogP contribution >= 0.6 is 0 Å². The quantitative estimate of drug-likeness (QED) is 0.127. The van der Waals surface area contributed by atoms with Gasteiger partial charge in [-0.3, -0.25) is 0 Å². The number of fused-ring (bicyclic) bond motifs is 2. The van der Waals surface area contributed by atoms with Crippen LogP contribution in [0.15, 0.2) is 0 Å². The molecule has 4 aliphatic rings. The van der Waals surface area contributed by atoms with Crippen LogP contribution in [0.3, 0.4) is 0 Å². The highest BCUT2D eigenvalue weighted by Crippen LogP contribution is 2.46. The molecule has 4 fully saturated rings. The lowest BCUT2D eigenvalue weighted by molar-refractivity contribution is -0.204. The summed E-state index contributed by atoms with van der Waals surface area (Å²) in [6.07, 6.45) is 2.53. The normalized spacial score (nSPS) is 35.4. The van der Waals surface area contributed by atoms with Gasteiger partial charge in [-0.1, -0.05) is 0 Å². The summed E-state index contributed by atoms with van der Waals surface area (Å²) in [5.41, 5.74) is -0.446. The van der Waals surface area contributed by atoms with Gasteiger partial charge in [0.25, 0.3) is 0 Å². The van der Waals surface area contributed by atoms with Gasteiger partial charge in [-0.15, -0.1) is 0 Å². The SMILES string of the molecule is CC(C)OC[C@]12O[C@@H](C)[C@H](O[C@H]1C)[C@@H]2OC(C)C.CC(C)O[C@H]1C[C@H](C)O[C@@H]1[C@@H](C)OC(C)C.COCCO[C@@H]1[C@H](OC(C)C)[C@@H](COC(C)C)O[C@H]1C. The minimum absolute atomic E-state index is 0.00336. The molecule has 0 saturated carbocycles. The summed E-state index contributed by atoms with van der Waals surface area (Å²) in [6.45, 7) is 36.9. The third kappa shape index (κ3) is 15.4. The second-order valence-corrected chi connectivity index (χ2v) is 17.0. The van der Waals surface area contributed by atoms with Crippen LogP contribution in [0, 0.1) is 0 Å². The van der Waals surface area contributed by atoms with Gasteiger partial charge in [0, 0.05) is 13.5 Å². The first-order valence-corrected chi connectivity index (χ1v) is 20.8. The second-order valence-electron chi connectivity index (χ2n) is 17.0. The third-order valence-corrected chi connectivity index (χ3v) is 9.64. The average molecular weight is 779 g/mol. The number of hydrogen-bond acceptors (Lipinski definition) is 12. The summed E-state index contributed by atoms with van der Waals surface area (Å²) in [6, 6.07) is 0. The van der Waals surface area contributed by atoms with Crippen molar-refractivity contribution < 1.29 is 56.8 Å². The zero-order valence-corrected chi connectivity index (χ0v) is 37.3. The van der Waals surface area contributed by atoms with E-state index in [0.717, 1.165) is 6.42 Å². The first-order valence-electron chi connectivity index (χ1n) is 20.8. The van der Waals surface area contributed by atoms with E-state index >= 15 is 0 Å². The van der Waals surface area contributed by atoms with Crippen LogP contribution < -0.4 is 0 Å². The first kappa shape index (κ1) is 49.7. The summed E-state index contributed by atoms with van der Waals surface area (Å²) in [7, 11) is 1.67. The van der Waals surface area contributed by atoms with E-state index in [1.165, 1.54) is 0 Å². The maximum absolute atomic E-state index is 6.15. The van der Waals surface area contributed by atoms with Crippen LogP contribution in [0.25, 0.3) is 0 Å². The molecule has 13 atom stereocenters. The number of hydrogen-bond donors (Lipinski definition) is 0. The summed E-state index contributed by atoms with van der Waals surface area (Å²) >= 11 is 0. The first-order chi connectivity index (χ1) is 25.2.